The summed E-state index contributed by atoms with van der Waals surface area (Å²) in [6.07, 6.45) is 0.898. The first kappa shape index (κ1) is 17.9. The first-order valence-electron chi connectivity index (χ1n) is 7.20. The third kappa shape index (κ3) is 6.05. The monoisotopic (exact) mass is 272 g/mol. The topological polar surface area (TPSA) is 49.9 Å². The fourth-order valence-corrected chi connectivity index (χ4v) is 2.02. The second kappa shape index (κ2) is 9.78. The Morgan fingerprint density at radius 1 is 1.11 bits per heavy atom. The minimum Gasteiger partial charge on any atom is -0.465 e. The lowest BCUT2D eigenvalue weighted by atomic mass is 10.2. The van der Waals surface area contributed by atoms with Gasteiger partial charge >= 0.3 is 5.97 Å². The molecule has 0 N–H and O–H groups in total. The molecule has 0 rings (SSSR count). The molecule has 19 heavy (non-hydrogen) atoms. The molecule has 0 aromatic heterocycles. The van der Waals surface area contributed by atoms with Gasteiger partial charge in [-0.1, -0.05) is 6.92 Å². The number of nitrogens with zero attached hydrogens (tertiary/aromatic N) is 2. The largest absolute Gasteiger partial charge is 0.465 e. The van der Waals surface area contributed by atoms with Crippen molar-refractivity contribution in [3.8, 4) is 0 Å². The summed E-state index contributed by atoms with van der Waals surface area (Å²) < 4.78 is 4.96. The zero-order chi connectivity index (χ0) is 14.8. The number of carbonyl (C=O) groups excluding carboxylic acids is 2. The molecule has 0 spiro atoms. The van der Waals surface area contributed by atoms with E-state index in [0.29, 0.717) is 26.2 Å². The fraction of sp³-hybridized carbons (Fsp3) is 0.857. The average molecular weight is 272 g/mol. The van der Waals surface area contributed by atoms with E-state index in [0.717, 1.165) is 6.42 Å². The lowest BCUT2D eigenvalue weighted by Crippen LogP contribution is -2.49. The van der Waals surface area contributed by atoms with Crippen molar-refractivity contribution in [2.24, 2.45) is 0 Å². The molecule has 1 amide bonds. The predicted molar refractivity (Wildman–Crippen MR) is 75.9 cm³/mol. The summed E-state index contributed by atoms with van der Waals surface area (Å²) in [5.41, 5.74) is 0. The molecule has 0 saturated heterocycles. The van der Waals surface area contributed by atoms with Crippen LogP contribution >= 0.6 is 0 Å². The zero-order valence-corrected chi connectivity index (χ0v) is 12.9. The summed E-state index contributed by atoms with van der Waals surface area (Å²) in [6.45, 7) is 12.3. The van der Waals surface area contributed by atoms with Crippen LogP contribution < -0.4 is 0 Å². The second-order valence-electron chi connectivity index (χ2n) is 4.46. The van der Waals surface area contributed by atoms with Crippen molar-refractivity contribution in [3.63, 3.8) is 0 Å². The van der Waals surface area contributed by atoms with Crippen LogP contribution in [0.3, 0.4) is 0 Å². The molecule has 5 nitrogen and oxygen atoms in total. The molecular weight excluding hydrogens is 244 g/mol. The van der Waals surface area contributed by atoms with Gasteiger partial charge in [0, 0.05) is 13.1 Å². The quantitative estimate of drug-likeness (QED) is 0.597. The van der Waals surface area contributed by atoms with Crippen LogP contribution in [-0.4, -0.2) is 60.5 Å². The van der Waals surface area contributed by atoms with Gasteiger partial charge in [-0.2, -0.15) is 0 Å². The first-order chi connectivity index (χ1) is 9.01. The van der Waals surface area contributed by atoms with Crippen molar-refractivity contribution in [1.29, 1.82) is 0 Å². The van der Waals surface area contributed by atoms with E-state index in [9.17, 15) is 9.59 Å². The highest BCUT2D eigenvalue weighted by atomic mass is 16.5. The highest BCUT2D eigenvalue weighted by Crippen LogP contribution is 2.06. The number of amides is 1. The van der Waals surface area contributed by atoms with Gasteiger partial charge in [0.05, 0.1) is 19.2 Å². The summed E-state index contributed by atoms with van der Waals surface area (Å²) >= 11 is 0. The minimum atomic E-state index is -0.288. The Kier molecular flexibility index (Phi) is 9.21. The Morgan fingerprint density at radius 3 is 2.11 bits per heavy atom. The second-order valence-corrected chi connectivity index (χ2v) is 4.46. The molecule has 0 aliphatic heterocycles. The molecule has 0 heterocycles. The Morgan fingerprint density at radius 2 is 1.68 bits per heavy atom. The number of esters is 1. The summed E-state index contributed by atoms with van der Waals surface area (Å²) in [5.74, 6) is -0.196. The third-order valence-electron chi connectivity index (χ3n) is 3.13. The van der Waals surface area contributed by atoms with E-state index in [1.54, 1.807) is 11.8 Å². The van der Waals surface area contributed by atoms with Crippen LogP contribution in [0, 0.1) is 0 Å². The minimum absolute atomic E-state index is 0.0720. The van der Waals surface area contributed by atoms with Gasteiger partial charge in [0.2, 0.25) is 5.91 Å². The van der Waals surface area contributed by atoms with Gasteiger partial charge in [-0.3, -0.25) is 14.5 Å². The molecule has 5 heteroatoms. The number of ether oxygens (including phenoxy) is 1. The van der Waals surface area contributed by atoms with Crippen molar-refractivity contribution < 1.29 is 14.3 Å². The standard InChI is InChI=1S/C14H28N2O3/c1-6-10-16(11-13(17)19-9-4)12(5)14(18)15(7-2)8-3/h12H,6-11H2,1-5H3. The molecule has 0 saturated carbocycles. The lowest BCUT2D eigenvalue weighted by Gasteiger charge is -2.31. The van der Waals surface area contributed by atoms with Crippen LogP contribution in [-0.2, 0) is 14.3 Å². The molecule has 0 bridgehead atoms. The van der Waals surface area contributed by atoms with E-state index < -0.39 is 0 Å². The van der Waals surface area contributed by atoms with Crippen LogP contribution in [0.25, 0.3) is 0 Å². The van der Waals surface area contributed by atoms with Crippen LogP contribution in [0.15, 0.2) is 0 Å². The number of hydrogen-bond acceptors (Lipinski definition) is 4. The molecule has 1 unspecified atom stereocenters. The van der Waals surface area contributed by atoms with Gasteiger partial charge in [-0.05, 0) is 40.7 Å². The number of likely N-dealkylation sites (N-methyl/N-ethyl adjacent to an activating group) is 1. The molecule has 112 valence electrons. The predicted octanol–water partition coefficient (Wildman–Crippen LogP) is 1.52. The third-order valence-corrected chi connectivity index (χ3v) is 3.13. The molecule has 0 aromatic carbocycles. The maximum atomic E-state index is 12.3. The first-order valence-corrected chi connectivity index (χ1v) is 7.20. The molecule has 0 radical (unpaired) electrons. The zero-order valence-electron chi connectivity index (χ0n) is 12.9. The van der Waals surface area contributed by atoms with Crippen molar-refractivity contribution in [1.82, 2.24) is 9.80 Å². The highest BCUT2D eigenvalue weighted by Gasteiger charge is 2.25. The molecule has 0 aliphatic rings. The van der Waals surface area contributed by atoms with E-state index in [-0.39, 0.29) is 24.5 Å². The summed E-state index contributed by atoms with van der Waals surface area (Å²) in [4.78, 5) is 27.5. The van der Waals surface area contributed by atoms with Gasteiger partial charge in [-0.25, -0.2) is 0 Å². The van der Waals surface area contributed by atoms with Crippen molar-refractivity contribution in [3.05, 3.63) is 0 Å². The lowest BCUT2D eigenvalue weighted by molar-refractivity contribution is -0.146. The Bertz CT molecular complexity index is 278. The van der Waals surface area contributed by atoms with Gasteiger partial charge in [0.1, 0.15) is 0 Å². The maximum absolute atomic E-state index is 12.3. The molecule has 0 aromatic rings. The van der Waals surface area contributed by atoms with Crippen molar-refractivity contribution >= 4 is 11.9 Å². The van der Waals surface area contributed by atoms with E-state index in [1.807, 2.05) is 32.6 Å². The van der Waals surface area contributed by atoms with Crippen molar-refractivity contribution in [2.75, 3.05) is 32.8 Å². The van der Waals surface area contributed by atoms with E-state index in [2.05, 4.69) is 0 Å². The normalized spacial score (nSPS) is 12.3. The number of hydrogen-bond donors (Lipinski definition) is 0. The van der Waals surface area contributed by atoms with E-state index >= 15 is 0 Å². The van der Waals surface area contributed by atoms with Gasteiger partial charge in [0.25, 0.3) is 0 Å². The molecule has 1 atom stereocenters. The molecule has 0 fully saturated rings. The Hall–Kier alpha value is -1.10. The number of carbonyl (C=O) groups is 2. The highest BCUT2D eigenvalue weighted by molar-refractivity contribution is 5.82. The average Bonchev–Trinajstić information content (AvgIpc) is 2.39. The van der Waals surface area contributed by atoms with Gasteiger partial charge in [0.15, 0.2) is 0 Å². The van der Waals surface area contributed by atoms with Gasteiger partial charge in [-0.15, -0.1) is 0 Å². The van der Waals surface area contributed by atoms with Crippen molar-refractivity contribution in [2.45, 2.75) is 47.1 Å². The summed E-state index contributed by atoms with van der Waals surface area (Å²) in [5, 5.41) is 0. The smallest absolute Gasteiger partial charge is 0.320 e. The van der Waals surface area contributed by atoms with Crippen LogP contribution in [0.2, 0.25) is 0 Å². The summed E-state index contributed by atoms with van der Waals surface area (Å²) in [7, 11) is 0. The Labute approximate surface area is 116 Å². The van der Waals surface area contributed by atoms with Crippen LogP contribution in [0.1, 0.15) is 41.0 Å². The Balaban J connectivity index is 4.67. The molecular formula is C14H28N2O3. The van der Waals surface area contributed by atoms with E-state index in [1.165, 1.54) is 0 Å². The maximum Gasteiger partial charge on any atom is 0.320 e. The molecule has 0 aliphatic carbocycles. The van der Waals surface area contributed by atoms with Crippen LogP contribution in [0.5, 0.6) is 0 Å². The van der Waals surface area contributed by atoms with Crippen LogP contribution in [0.4, 0.5) is 0 Å². The number of rotatable bonds is 9. The fourth-order valence-electron chi connectivity index (χ4n) is 2.02. The van der Waals surface area contributed by atoms with E-state index in [4.69, 9.17) is 4.74 Å². The SMILES string of the molecule is CCCN(CC(=O)OCC)C(C)C(=O)N(CC)CC. The summed E-state index contributed by atoms with van der Waals surface area (Å²) in [6, 6.07) is -0.288. The van der Waals surface area contributed by atoms with Gasteiger partial charge < -0.3 is 9.64 Å².